The molecule has 0 spiro atoms. The zero-order chi connectivity index (χ0) is 5.70. The van der Waals surface area contributed by atoms with Gasteiger partial charge in [-0.25, -0.2) is 0 Å². The molecule has 0 aromatic rings. The van der Waals surface area contributed by atoms with Gasteiger partial charge < -0.3 is 0 Å². The predicted octanol–water partition coefficient (Wildman–Crippen LogP) is 2.41. The quantitative estimate of drug-likeness (QED) is 0.407. The molecule has 0 aliphatic rings. The third-order valence-corrected chi connectivity index (χ3v) is 1.21. The van der Waals surface area contributed by atoms with Gasteiger partial charge in [0.2, 0.25) is 0 Å². The van der Waals surface area contributed by atoms with E-state index in [1.165, 1.54) is 0 Å². The van der Waals surface area contributed by atoms with Crippen LogP contribution in [-0.4, -0.2) is 11.8 Å². The highest BCUT2D eigenvalue weighted by Gasteiger charge is 1.79. The maximum atomic E-state index is 5.40. The Morgan fingerprint density at radius 3 is 2.29 bits per heavy atom. The SMILES string of the molecule is C/C(=C\CCl)CCl. The average Bonchev–Trinajstić information content (AvgIpc) is 1.68. The van der Waals surface area contributed by atoms with Gasteiger partial charge in [0.1, 0.15) is 0 Å². The van der Waals surface area contributed by atoms with Crippen LogP contribution in [0.4, 0.5) is 0 Å². The van der Waals surface area contributed by atoms with E-state index >= 15 is 0 Å². The molecule has 0 saturated carbocycles. The predicted molar refractivity (Wildman–Crippen MR) is 35.2 cm³/mol. The lowest BCUT2D eigenvalue weighted by molar-refractivity contribution is 1.37. The van der Waals surface area contributed by atoms with E-state index in [4.69, 9.17) is 23.2 Å². The van der Waals surface area contributed by atoms with E-state index in [1.54, 1.807) is 0 Å². The van der Waals surface area contributed by atoms with Gasteiger partial charge in [-0.2, -0.15) is 0 Å². The monoisotopic (exact) mass is 138 g/mol. The van der Waals surface area contributed by atoms with Crippen LogP contribution in [0.1, 0.15) is 6.92 Å². The fraction of sp³-hybridized carbons (Fsp3) is 0.600. The summed E-state index contributed by atoms with van der Waals surface area (Å²) in [5.41, 5.74) is 1.14. The van der Waals surface area contributed by atoms with Crippen molar-refractivity contribution in [2.45, 2.75) is 6.92 Å². The van der Waals surface area contributed by atoms with Crippen LogP contribution in [0.15, 0.2) is 11.6 Å². The number of hydrogen-bond acceptors (Lipinski definition) is 0. The smallest absolute Gasteiger partial charge is 0.0431 e. The Kier molecular flexibility index (Phi) is 4.68. The Labute approximate surface area is 54.1 Å². The van der Waals surface area contributed by atoms with E-state index in [0.717, 1.165) is 5.57 Å². The van der Waals surface area contributed by atoms with Crippen molar-refractivity contribution >= 4 is 23.2 Å². The molecule has 0 heterocycles. The van der Waals surface area contributed by atoms with Crippen LogP contribution in [0, 0.1) is 0 Å². The Balaban J connectivity index is 3.29. The summed E-state index contributed by atoms with van der Waals surface area (Å²) >= 11 is 10.7. The van der Waals surface area contributed by atoms with Crippen molar-refractivity contribution in [3.8, 4) is 0 Å². The van der Waals surface area contributed by atoms with Crippen LogP contribution in [0.25, 0.3) is 0 Å². The largest absolute Gasteiger partial charge is 0.122 e. The summed E-state index contributed by atoms with van der Waals surface area (Å²) < 4.78 is 0. The second kappa shape index (κ2) is 4.48. The summed E-state index contributed by atoms with van der Waals surface area (Å²) in [6.07, 6.45) is 1.90. The highest BCUT2D eigenvalue weighted by molar-refractivity contribution is 6.20. The van der Waals surface area contributed by atoms with Gasteiger partial charge in [-0.3, -0.25) is 0 Å². The number of alkyl halides is 2. The standard InChI is InChI=1S/C5H8Cl2/c1-5(4-7)2-3-6/h2H,3-4H2,1H3/b5-2+. The van der Waals surface area contributed by atoms with Crippen molar-refractivity contribution in [3.05, 3.63) is 11.6 Å². The molecule has 0 nitrogen and oxygen atoms in total. The summed E-state index contributed by atoms with van der Waals surface area (Å²) in [7, 11) is 0. The molecule has 0 atom stereocenters. The van der Waals surface area contributed by atoms with Crippen molar-refractivity contribution < 1.29 is 0 Å². The lowest BCUT2D eigenvalue weighted by Crippen LogP contribution is -1.75. The third kappa shape index (κ3) is 4.17. The highest BCUT2D eigenvalue weighted by atomic mass is 35.5. The lowest BCUT2D eigenvalue weighted by Gasteiger charge is -1.85. The van der Waals surface area contributed by atoms with Crippen molar-refractivity contribution in [2.75, 3.05) is 11.8 Å². The zero-order valence-corrected chi connectivity index (χ0v) is 5.76. The van der Waals surface area contributed by atoms with Gasteiger partial charge in [0.25, 0.3) is 0 Å². The van der Waals surface area contributed by atoms with Crippen LogP contribution in [-0.2, 0) is 0 Å². The van der Waals surface area contributed by atoms with Gasteiger partial charge in [0.05, 0.1) is 0 Å². The maximum Gasteiger partial charge on any atom is 0.0431 e. The molecule has 0 aliphatic carbocycles. The molecule has 0 saturated heterocycles. The first-order valence-corrected chi connectivity index (χ1v) is 3.15. The first-order chi connectivity index (χ1) is 3.31. The molecular formula is C5H8Cl2. The summed E-state index contributed by atoms with van der Waals surface area (Å²) in [5, 5.41) is 0. The maximum absolute atomic E-state index is 5.40. The molecule has 0 radical (unpaired) electrons. The van der Waals surface area contributed by atoms with Gasteiger partial charge in [-0.05, 0) is 6.92 Å². The summed E-state index contributed by atoms with van der Waals surface area (Å²) in [4.78, 5) is 0. The summed E-state index contributed by atoms with van der Waals surface area (Å²) in [6.45, 7) is 1.95. The molecule has 7 heavy (non-hydrogen) atoms. The van der Waals surface area contributed by atoms with E-state index in [0.29, 0.717) is 11.8 Å². The molecule has 0 rings (SSSR count). The number of rotatable bonds is 2. The summed E-state index contributed by atoms with van der Waals surface area (Å²) in [6, 6.07) is 0. The van der Waals surface area contributed by atoms with Gasteiger partial charge in [-0.1, -0.05) is 11.6 Å². The van der Waals surface area contributed by atoms with E-state index in [-0.39, 0.29) is 0 Å². The lowest BCUT2D eigenvalue weighted by atomic mass is 10.3. The van der Waals surface area contributed by atoms with Crippen LogP contribution in [0.3, 0.4) is 0 Å². The molecule has 2 heteroatoms. The Bertz CT molecular complexity index is 66.5. The fourth-order valence-electron chi connectivity index (χ4n) is 0.186. The molecule has 0 amide bonds. The minimum absolute atomic E-state index is 0.568. The number of halogens is 2. The second-order valence-corrected chi connectivity index (χ2v) is 1.91. The van der Waals surface area contributed by atoms with Crippen LogP contribution < -0.4 is 0 Å². The molecular weight excluding hydrogens is 131 g/mol. The minimum atomic E-state index is 0.568. The van der Waals surface area contributed by atoms with Crippen molar-refractivity contribution in [1.29, 1.82) is 0 Å². The van der Waals surface area contributed by atoms with E-state index < -0.39 is 0 Å². The van der Waals surface area contributed by atoms with Crippen LogP contribution in [0.2, 0.25) is 0 Å². The van der Waals surface area contributed by atoms with Gasteiger partial charge >= 0.3 is 0 Å². The minimum Gasteiger partial charge on any atom is -0.122 e. The molecule has 0 aromatic carbocycles. The molecule has 0 unspecified atom stereocenters. The average molecular weight is 139 g/mol. The molecule has 0 aliphatic heterocycles. The van der Waals surface area contributed by atoms with E-state index in [9.17, 15) is 0 Å². The van der Waals surface area contributed by atoms with Crippen LogP contribution in [0.5, 0.6) is 0 Å². The van der Waals surface area contributed by atoms with E-state index in [2.05, 4.69) is 0 Å². The van der Waals surface area contributed by atoms with Gasteiger partial charge in [-0.15, -0.1) is 23.2 Å². The normalized spacial score (nSPS) is 12.1. The van der Waals surface area contributed by atoms with Gasteiger partial charge in [0.15, 0.2) is 0 Å². The Hall–Kier alpha value is 0.320. The first kappa shape index (κ1) is 7.32. The van der Waals surface area contributed by atoms with Gasteiger partial charge in [0, 0.05) is 11.8 Å². The molecule has 0 fully saturated rings. The molecule has 42 valence electrons. The second-order valence-electron chi connectivity index (χ2n) is 1.34. The molecule has 0 aromatic heterocycles. The summed E-state index contributed by atoms with van der Waals surface area (Å²) in [5.74, 6) is 1.16. The number of allylic oxidation sites excluding steroid dienone is 2. The van der Waals surface area contributed by atoms with Crippen molar-refractivity contribution in [1.82, 2.24) is 0 Å². The fourth-order valence-corrected chi connectivity index (χ4v) is 0.559. The topological polar surface area (TPSA) is 0 Å². The molecule has 0 bridgehead atoms. The first-order valence-electron chi connectivity index (χ1n) is 2.08. The van der Waals surface area contributed by atoms with E-state index in [1.807, 2.05) is 13.0 Å². The number of hydrogen-bond donors (Lipinski definition) is 0. The van der Waals surface area contributed by atoms with Crippen LogP contribution >= 0.6 is 23.2 Å². The molecule has 0 N–H and O–H groups in total. The van der Waals surface area contributed by atoms with Crippen molar-refractivity contribution in [2.24, 2.45) is 0 Å². The Morgan fingerprint density at radius 1 is 1.57 bits per heavy atom. The Morgan fingerprint density at radius 2 is 2.14 bits per heavy atom. The highest BCUT2D eigenvalue weighted by Crippen LogP contribution is 1.94. The zero-order valence-electron chi connectivity index (χ0n) is 4.25. The third-order valence-electron chi connectivity index (χ3n) is 0.636. The van der Waals surface area contributed by atoms with Crippen molar-refractivity contribution in [3.63, 3.8) is 0 Å².